The number of imidazole rings is 1. The number of rotatable bonds is 7. The van der Waals surface area contributed by atoms with E-state index in [1.807, 2.05) is 60.3 Å². The number of benzene rings is 1. The topological polar surface area (TPSA) is 90.0 Å². The quantitative estimate of drug-likeness (QED) is 0.603. The van der Waals surface area contributed by atoms with Crippen molar-refractivity contribution in [1.29, 1.82) is 0 Å². The molecule has 0 bridgehead atoms. The van der Waals surface area contributed by atoms with E-state index < -0.39 is 11.7 Å². The van der Waals surface area contributed by atoms with Crippen LogP contribution in [0.25, 0.3) is 17.5 Å². The molecule has 6 nitrogen and oxygen atoms in total. The molecule has 124 valence electrons. The van der Waals surface area contributed by atoms with E-state index in [1.165, 1.54) is 0 Å². The van der Waals surface area contributed by atoms with Crippen LogP contribution in [0.3, 0.4) is 0 Å². The van der Waals surface area contributed by atoms with E-state index in [0.717, 1.165) is 30.0 Å². The molecule has 0 atom stereocenters. The van der Waals surface area contributed by atoms with Crippen LogP contribution < -0.4 is 11.1 Å². The number of carbonyl (C=O) groups excluding carboxylic acids is 2. The number of aromatic nitrogens is 2. The number of nitrogens with two attached hydrogens (primary N) is 1. The predicted octanol–water partition coefficient (Wildman–Crippen LogP) is 2.09. The van der Waals surface area contributed by atoms with E-state index in [9.17, 15) is 9.59 Å². The third-order valence-electron chi connectivity index (χ3n) is 3.26. The summed E-state index contributed by atoms with van der Waals surface area (Å²) in [5.74, 6) is -0.772. The molecule has 24 heavy (non-hydrogen) atoms. The molecule has 0 saturated carbocycles. The number of amides is 1. The second kappa shape index (κ2) is 8.47. The molecule has 0 aliphatic carbocycles. The molecule has 2 aromatic rings. The average Bonchev–Trinajstić information content (AvgIpc) is 3.02. The van der Waals surface area contributed by atoms with Crippen molar-refractivity contribution in [1.82, 2.24) is 14.9 Å². The summed E-state index contributed by atoms with van der Waals surface area (Å²) in [6.45, 7) is 2.18. The van der Waals surface area contributed by atoms with Gasteiger partial charge in [0.15, 0.2) is 0 Å². The molecule has 0 saturated heterocycles. The highest BCUT2D eigenvalue weighted by Crippen LogP contribution is 2.18. The Morgan fingerprint density at radius 1 is 1.29 bits per heavy atom. The standard InChI is InChI=1S/C18H20N4O2/c1-2-3-11-22-13-15(14-7-5-4-6-8-14)21-17(22)12-20-18(24)16(23)9-10-19/h3-11,13H,2,12,19H2,1H3,(H,20,24)/b10-9?,11-3-. The number of nitrogens with one attached hydrogen (secondary N) is 1. The summed E-state index contributed by atoms with van der Waals surface area (Å²) in [5.41, 5.74) is 6.90. The van der Waals surface area contributed by atoms with Gasteiger partial charge in [0.05, 0.1) is 12.2 Å². The number of hydrogen-bond donors (Lipinski definition) is 2. The molecule has 1 amide bonds. The maximum absolute atomic E-state index is 11.7. The fraction of sp³-hybridized carbons (Fsp3) is 0.167. The summed E-state index contributed by atoms with van der Waals surface area (Å²) in [5, 5.41) is 2.55. The first-order chi connectivity index (χ1) is 11.7. The minimum Gasteiger partial charge on any atom is -0.404 e. The van der Waals surface area contributed by atoms with Crippen molar-refractivity contribution in [3.63, 3.8) is 0 Å². The molecule has 0 spiro atoms. The lowest BCUT2D eigenvalue weighted by Crippen LogP contribution is -2.30. The zero-order chi connectivity index (χ0) is 17.4. The van der Waals surface area contributed by atoms with E-state index in [4.69, 9.17) is 5.73 Å². The molecule has 0 aliphatic heterocycles. The highest BCUT2D eigenvalue weighted by atomic mass is 16.2. The van der Waals surface area contributed by atoms with Crippen LogP contribution in [0.15, 0.2) is 54.9 Å². The molecular weight excluding hydrogens is 304 g/mol. The van der Waals surface area contributed by atoms with Crippen LogP contribution in [-0.2, 0) is 16.1 Å². The van der Waals surface area contributed by atoms with Crippen LogP contribution in [0.5, 0.6) is 0 Å². The largest absolute Gasteiger partial charge is 0.404 e. The van der Waals surface area contributed by atoms with E-state index >= 15 is 0 Å². The smallest absolute Gasteiger partial charge is 0.292 e. The molecule has 0 radical (unpaired) electrons. The van der Waals surface area contributed by atoms with Gasteiger partial charge in [0.1, 0.15) is 5.82 Å². The van der Waals surface area contributed by atoms with E-state index in [2.05, 4.69) is 10.3 Å². The van der Waals surface area contributed by atoms with Gasteiger partial charge in [0.25, 0.3) is 5.91 Å². The van der Waals surface area contributed by atoms with Crippen LogP contribution in [0.1, 0.15) is 19.2 Å². The number of nitrogens with zero attached hydrogens (tertiary/aromatic N) is 2. The number of allylic oxidation sites excluding steroid dienone is 1. The van der Waals surface area contributed by atoms with Crippen molar-refractivity contribution < 1.29 is 9.59 Å². The number of hydrogen-bond acceptors (Lipinski definition) is 4. The monoisotopic (exact) mass is 324 g/mol. The lowest BCUT2D eigenvalue weighted by molar-refractivity contribution is -0.135. The van der Waals surface area contributed by atoms with Crippen molar-refractivity contribution in [3.8, 4) is 11.3 Å². The van der Waals surface area contributed by atoms with Gasteiger partial charge < -0.3 is 15.6 Å². The Kier molecular flexibility index (Phi) is 6.08. The lowest BCUT2D eigenvalue weighted by atomic mass is 10.2. The molecular formula is C18H20N4O2. The van der Waals surface area contributed by atoms with Gasteiger partial charge in [-0.1, -0.05) is 43.3 Å². The zero-order valence-electron chi connectivity index (χ0n) is 13.5. The van der Waals surface area contributed by atoms with Crippen molar-refractivity contribution in [2.45, 2.75) is 19.9 Å². The maximum Gasteiger partial charge on any atom is 0.292 e. The second-order valence-electron chi connectivity index (χ2n) is 5.01. The van der Waals surface area contributed by atoms with Gasteiger partial charge in [0.2, 0.25) is 5.78 Å². The lowest BCUT2D eigenvalue weighted by Gasteiger charge is -2.03. The van der Waals surface area contributed by atoms with Gasteiger partial charge in [-0.2, -0.15) is 0 Å². The first-order valence-corrected chi connectivity index (χ1v) is 7.66. The van der Waals surface area contributed by atoms with Gasteiger partial charge in [-0.25, -0.2) is 4.98 Å². The zero-order valence-corrected chi connectivity index (χ0v) is 13.5. The van der Waals surface area contributed by atoms with Crippen molar-refractivity contribution in [2.24, 2.45) is 5.73 Å². The van der Waals surface area contributed by atoms with E-state index in [1.54, 1.807) is 0 Å². The van der Waals surface area contributed by atoms with Crippen LogP contribution in [0.2, 0.25) is 0 Å². The highest BCUT2D eigenvalue weighted by Gasteiger charge is 2.13. The van der Waals surface area contributed by atoms with Crippen LogP contribution >= 0.6 is 0 Å². The van der Waals surface area contributed by atoms with Crippen LogP contribution in [-0.4, -0.2) is 21.2 Å². The summed E-state index contributed by atoms with van der Waals surface area (Å²) in [7, 11) is 0. The van der Waals surface area contributed by atoms with Crippen LogP contribution in [0.4, 0.5) is 0 Å². The Labute approximate surface area is 140 Å². The van der Waals surface area contributed by atoms with Gasteiger partial charge in [0, 0.05) is 24.0 Å². The van der Waals surface area contributed by atoms with Crippen LogP contribution in [0, 0.1) is 0 Å². The Hall–Kier alpha value is -3.15. The average molecular weight is 324 g/mol. The molecule has 2 rings (SSSR count). The highest BCUT2D eigenvalue weighted by molar-refractivity contribution is 6.40. The SMILES string of the molecule is CC/C=C\n1cc(-c2ccccc2)nc1CNC(=O)C(=O)C=CN. The number of ketones is 1. The third-order valence-corrected chi connectivity index (χ3v) is 3.26. The predicted molar refractivity (Wildman–Crippen MR) is 93.5 cm³/mol. The summed E-state index contributed by atoms with van der Waals surface area (Å²) in [4.78, 5) is 27.7. The van der Waals surface area contributed by atoms with Gasteiger partial charge in [-0.15, -0.1) is 0 Å². The minimum atomic E-state index is -0.716. The first kappa shape index (κ1) is 17.2. The normalized spacial score (nSPS) is 11.2. The fourth-order valence-corrected chi connectivity index (χ4v) is 2.07. The Morgan fingerprint density at radius 3 is 2.71 bits per heavy atom. The summed E-state index contributed by atoms with van der Waals surface area (Å²) < 4.78 is 1.84. The molecule has 0 aliphatic rings. The molecule has 1 aromatic heterocycles. The van der Waals surface area contributed by atoms with Crippen molar-refractivity contribution >= 4 is 17.9 Å². The first-order valence-electron chi connectivity index (χ1n) is 7.66. The molecule has 1 heterocycles. The Balaban J connectivity index is 2.21. The van der Waals surface area contributed by atoms with E-state index in [-0.39, 0.29) is 6.54 Å². The Morgan fingerprint density at radius 2 is 2.04 bits per heavy atom. The molecule has 6 heteroatoms. The molecule has 1 aromatic carbocycles. The van der Waals surface area contributed by atoms with Crippen molar-refractivity contribution in [2.75, 3.05) is 0 Å². The van der Waals surface area contributed by atoms with Gasteiger partial charge >= 0.3 is 0 Å². The molecule has 0 unspecified atom stereocenters. The van der Waals surface area contributed by atoms with E-state index in [0.29, 0.717) is 5.82 Å². The number of carbonyl (C=O) groups is 2. The third kappa shape index (κ3) is 4.42. The minimum absolute atomic E-state index is 0.143. The molecule has 3 N–H and O–H groups in total. The van der Waals surface area contributed by atoms with Gasteiger partial charge in [-0.3, -0.25) is 9.59 Å². The molecule has 0 fully saturated rings. The summed E-state index contributed by atoms with van der Waals surface area (Å²) in [6, 6.07) is 9.75. The van der Waals surface area contributed by atoms with Gasteiger partial charge in [-0.05, 0) is 12.6 Å². The Bertz CT molecular complexity index is 761. The van der Waals surface area contributed by atoms with Crippen molar-refractivity contribution in [3.05, 3.63) is 60.7 Å². The summed E-state index contributed by atoms with van der Waals surface area (Å²) in [6.07, 6.45) is 8.72. The maximum atomic E-state index is 11.7. The summed E-state index contributed by atoms with van der Waals surface area (Å²) >= 11 is 0. The second-order valence-corrected chi connectivity index (χ2v) is 5.01. The fourth-order valence-electron chi connectivity index (χ4n) is 2.07.